The Morgan fingerprint density at radius 3 is 2.27 bits per heavy atom. The van der Waals surface area contributed by atoms with Crippen LogP contribution in [0.15, 0.2) is 0 Å². The standard InChI is InChI=1S/C11H22N2O2/c1-8(2)13-6-4-10(5-7-13)12-9(3)11(14)15/h8-10,12H,4-7H2,1-3H3,(H,14,15). The monoisotopic (exact) mass is 214 g/mol. The summed E-state index contributed by atoms with van der Waals surface area (Å²) < 4.78 is 0. The molecule has 4 nitrogen and oxygen atoms in total. The van der Waals surface area contributed by atoms with Crippen molar-refractivity contribution < 1.29 is 9.90 Å². The third-order valence-electron chi connectivity index (χ3n) is 3.12. The van der Waals surface area contributed by atoms with Crippen molar-refractivity contribution >= 4 is 5.97 Å². The molecule has 0 spiro atoms. The quantitative estimate of drug-likeness (QED) is 0.731. The maximum absolute atomic E-state index is 10.7. The maximum Gasteiger partial charge on any atom is 0.320 e. The number of nitrogens with zero attached hydrogens (tertiary/aromatic N) is 1. The molecule has 2 N–H and O–H groups in total. The Morgan fingerprint density at radius 2 is 1.87 bits per heavy atom. The number of nitrogens with one attached hydrogen (secondary N) is 1. The van der Waals surface area contributed by atoms with Gasteiger partial charge in [0.25, 0.3) is 0 Å². The average Bonchev–Trinajstić information content (AvgIpc) is 2.18. The van der Waals surface area contributed by atoms with Gasteiger partial charge in [0.1, 0.15) is 6.04 Å². The van der Waals surface area contributed by atoms with Gasteiger partial charge in [-0.3, -0.25) is 4.79 Å². The number of aliphatic carboxylic acids is 1. The molecule has 1 aliphatic rings. The molecule has 15 heavy (non-hydrogen) atoms. The van der Waals surface area contributed by atoms with Gasteiger partial charge in [-0.05, 0) is 46.7 Å². The minimum Gasteiger partial charge on any atom is -0.480 e. The highest BCUT2D eigenvalue weighted by molar-refractivity contribution is 5.72. The molecule has 1 rings (SSSR count). The third-order valence-corrected chi connectivity index (χ3v) is 3.12. The first kappa shape index (κ1) is 12.5. The van der Waals surface area contributed by atoms with Crippen LogP contribution >= 0.6 is 0 Å². The van der Waals surface area contributed by atoms with Gasteiger partial charge in [0.05, 0.1) is 0 Å². The van der Waals surface area contributed by atoms with E-state index in [0.29, 0.717) is 12.1 Å². The summed E-state index contributed by atoms with van der Waals surface area (Å²) >= 11 is 0. The van der Waals surface area contributed by atoms with Gasteiger partial charge in [0, 0.05) is 12.1 Å². The predicted molar refractivity (Wildman–Crippen MR) is 60.0 cm³/mol. The number of hydrogen-bond acceptors (Lipinski definition) is 3. The van der Waals surface area contributed by atoms with Gasteiger partial charge in [-0.15, -0.1) is 0 Å². The van der Waals surface area contributed by atoms with Crippen LogP contribution < -0.4 is 5.32 Å². The van der Waals surface area contributed by atoms with E-state index in [1.165, 1.54) is 0 Å². The lowest BCUT2D eigenvalue weighted by atomic mass is 10.0. The fraction of sp³-hybridized carbons (Fsp3) is 0.909. The van der Waals surface area contributed by atoms with Crippen molar-refractivity contribution in [3.8, 4) is 0 Å². The van der Waals surface area contributed by atoms with E-state index < -0.39 is 12.0 Å². The van der Waals surface area contributed by atoms with Crippen molar-refractivity contribution in [2.24, 2.45) is 0 Å². The molecule has 4 heteroatoms. The van der Waals surface area contributed by atoms with Crippen LogP contribution in [0.25, 0.3) is 0 Å². The van der Waals surface area contributed by atoms with E-state index in [-0.39, 0.29) is 0 Å². The number of carboxylic acid groups (broad SMARTS) is 1. The summed E-state index contributed by atoms with van der Waals surface area (Å²) in [6.45, 7) is 8.25. The summed E-state index contributed by atoms with van der Waals surface area (Å²) in [5.74, 6) is -0.763. The van der Waals surface area contributed by atoms with Crippen LogP contribution in [-0.4, -0.2) is 47.2 Å². The molecule has 0 bridgehead atoms. The Hall–Kier alpha value is -0.610. The minimum atomic E-state index is -0.763. The van der Waals surface area contributed by atoms with Crippen molar-refractivity contribution in [3.05, 3.63) is 0 Å². The van der Waals surface area contributed by atoms with Gasteiger partial charge < -0.3 is 15.3 Å². The van der Waals surface area contributed by atoms with Crippen molar-refractivity contribution in [1.29, 1.82) is 0 Å². The molecule has 1 atom stereocenters. The number of likely N-dealkylation sites (tertiary alicyclic amines) is 1. The molecule has 0 aromatic carbocycles. The van der Waals surface area contributed by atoms with E-state index in [0.717, 1.165) is 25.9 Å². The van der Waals surface area contributed by atoms with Crippen LogP contribution in [0.3, 0.4) is 0 Å². The van der Waals surface area contributed by atoms with Crippen LogP contribution in [0.2, 0.25) is 0 Å². The number of hydrogen-bond donors (Lipinski definition) is 2. The number of carboxylic acids is 1. The largest absolute Gasteiger partial charge is 0.480 e. The highest BCUT2D eigenvalue weighted by Crippen LogP contribution is 2.13. The van der Waals surface area contributed by atoms with E-state index in [1.54, 1.807) is 6.92 Å². The summed E-state index contributed by atoms with van der Waals surface area (Å²) in [6.07, 6.45) is 2.10. The highest BCUT2D eigenvalue weighted by Gasteiger charge is 2.23. The fourth-order valence-electron chi connectivity index (χ4n) is 2.01. The fourth-order valence-corrected chi connectivity index (χ4v) is 2.01. The Bertz CT molecular complexity index is 211. The maximum atomic E-state index is 10.7. The van der Waals surface area contributed by atoms with E-state index in [2.05, 4.69) is 24.1 Å². The lowest BCUT2D eigenvalue weighted by Gasteiger charge is -2.35. The molecule has 88 valence electrons. The van der Waals surface area contributed by atoms with E-state index >= 15 is 0 Å². The molecule has 1 saturated heterocycles. The summed E-state index contributed by atoms with van der Waals surface area (Å²) in [6, 6.07) is 0.537. The minimum absolute atomic E-state index is 0.367. The van der Waals surface area contributed by atoms with Gasteiger partial charge >= 0.3 is 5.97 Å². The molecule has 1 aliphatic heterocycles. The van der Waals surface area contributed by atoms with Gasteiger partial charge in [0.2, 0.25) is 0 Å². The first-order valence-corrected chi connectivity index (χ1v) is 5.73. The van der Waals surface area contributed by atoms with Gasteiger partial charge in [-0.2, -0.15) is 0 Å². The molecule has 1 unspecified atom stereocenters. The lowest BCUT2D eigenvalue weighted by Crippen LogP contribution is -2.49. The Labute approximate surface area is 91.6 Å². The Kier molecular flexibility index (Phi) is 4.54. The van der Waals surface area contributed by atoms with Gasteiger partial charge in [0.15, 0.2) is 0 Å². The molecule has 0 radical (unpaired) electrons. The van der Waals surface area contributed by atoms with E-state index in [9.17, 15) is 4.79 Å². The van der Waals surface area contributed by atoms with E-state index in [4.69, 9.17) is 5.11 Å². The Morgan fingerprint density at radius 1 is 1.33 bits per heavy atom. The average molecular weight is 214 g/mol. The van der Waals surface area contributed by atoms with Crippen molar-refractivity contribution in [3.63, 3.8) is 0 Å². The molecule has 0 amide bonds. The molecule has 1 heterocycles. The first-order valence-electron chi connectivity index (χ1n) is 5.73. The number of piperidine rings is 1. The molecule has 0 aromatic heterocycles. The molecule has 1 fully saturated rings. The van der Waals surface area contributed by atoms with Crippen LogP contribution in [-0.2, 0) is 4.79 Å². The van der Waals surface area contributed by atoms with Crippen LogP contribution in [0.5, 0.6) is 0 Å². The highest BCUT2D eigenvalue weighted by atomic mass is 16.4. The van der Waals surface area contributed by atoms with Gasteiger partial charge in [-0.1, -0.05) is 0 Å². The third kappa shape index (κ3) is 3.80. The second kappa shape index (κ2) is 5.47. The summed E-state index contributed by atoms with van der Waals surface area (Å²) in [7, 11) is 0. The topological polar surface area (TPSA) is 52.6 Å². The predicted octanol–water partition coefficient (Wildman–Crippen LogP) is 0.922. The summed E-state index contributed by atoms with van der Waals surface area (Å²) in [5.41, 5.74) is 0. The smallest absolute Gasteiger partial charge is 0.320 e. The van der Waals surface area contributed by atoms with Crippen molar-refractivity contribution in [2.45, 2.75) is 51.7 Å². The SMILES string of the molecule is CC(NC1CCN(C(C)C)CC1)C(=O)O. The molecular formula is C11H22N2O2. The molecular weight excluding hydrogens is 192 g/mol. The van der Waals surface area contributed by atoms with Crippen molar-refractivity contribution in [1.82, 2.24) is 10.2 Å². The van der Waals surface area contributed by atoms with Gasteiger partial charge in [-0.25, -0.2) is 0 Å². The van der Waals surface area contributed by atoms with Crippen LogP contribution in [0, 0.1) is 0 Å². The van der Waals surface area contributed by atoms with Crippen LogP contribution in [0.1, 0.15) is 33.6 Å². The molecule has 0 saturated carbocycles. The second-order valence-corrected chi connectivity index (χ2v) is 4.63. The van der Waals surface area contributed by atoms with Crippen molar-refractivity contribution in [2.75, 3.05) is 13.1 Å². The number of rotatable bonds is 4. The summed E-state index contributed by atoms with van der Waals surface area (Å²) in [5, 5.41) is 11.9. The zero-order valence-corrected chi connectivity index (χ0v) is 9.86. The number of carbonyl (C=O) groups is 1. The first-order chi connectivity index (χ1) is 7.00. The molecule has 0 aliphatic carbocycles. The zero-order valence-electron chi connectivity index (χ0n) is 9.86. The lowest BCUT2D eigenvalue weighted by molar-refractivity contribution is -0.139. The normalized spacial score (nSPS) is 21.9. The second-order valence-electron chi connectivity index (χ2n) is 4.63. The van der Waals surface area contributed by atoms with E-state index in [1.807, 2.05) is 0 Å². The zero-order chi connectivity index (χ0) is 11.4. The molecule has 0 aromatic rings. The van der Waals surface area contributed by atoms with Crippen LogP contribution in [0.4, 0.5) is 0 Å². The summed E-state index contributed by atoms with van der Waals surface area (Å²) in [4.78, 5) is 13.1. The Balaban J connectivity index is 2.28.